The Morgan fingerprint density at radius 2 is 1.77 bits per heavy atom. The molecule has 9 heteroatoms. The molecule has 2 aromatic carbocycles. The van der Waals surface area contributed by atoms with Gasteiger partial charge in [0.15, 0.2) is 0 Å². The highest BCUT2D eigenvalue weighted by Gasteiger charge is 2.16. The van der Waals surface area contributed by atoms with Crippen molar-refractivity contribution in [3.05, 3.63) is 54.1 Å². The van der Waals surface area contributed by atoms with Gasteiger partial charge in [-0.2, -0.15) is 0 Å². The Labute approximate surface area is 176 Å². The summed E-state index contributed by atoms with van der Waals surface area (Å²) in [6.45, 7) is 1.51. The topological polar surface area (TPSA) is 103 Å². The van der Waals surface area contributed by atoms with Crippen molar-refractivity contribution in [1.29, 1.82) is 0 Å². The third-order valence-electron chi connectivity index (χ3n) is 4.65. The van der Waals surface area contributed by atoms with Gasteiger partial charge in [0.05, 0.1) is 18.1 Å². The molecule has 1 saturated heterocycles. The lowest BCUT2D eigenvalue weighted by molar-refractivity contribution is 0.0679. The van der Waals surface area contributed by atoms with Crippen molar-refractivity contribution in [3.63, 3.8) is 0 Å². The molecular weight excluding hydrogens is 408 g/mol. The van der Waals surface area contributed by atoms with Gasteiger partial charge in [0.1, 0.15) is 18.1 Å². The minimum absolute atomic E-state index is 0.0721. The molecule has 0 radical (unpaired) electrons. The van der Waals surface area contributed by atoms with Gasteiger partial charge in [0.2, 0.25) is 10.0 Å². The van der Waals surface area contributed by atoms with Gasteiger partial charge >= 0.3 is 0 Å². The van der Waals surface area contributed by atoms with Crippen LogP contribution in [0.5, 0.6) is 11.5 Å². The number of rotatable bonds is 10. The molecule has 1 heterocycles. The van der Waals surface area contributed by atoms with Gasteiger partial charge < -0.3 is 19.5 Å². The van der Waals surface area contributed by atoms with Gasteiger partial charge in [-0.05, 0) is 61.4 Å². The van der Waals surface area contributed by atoms with Crippen LogP contribution in [0.25, 0.3) is 0 Å². The van der Waals surface area contributed by atoms with E-state index in [1.807, 2.05) is 0 Å². The van der Waals surface area contributed by atoms with Crippen LogP contribution in [0, 0.1) is 0 Å². The SMILES string of the molecule is COc1ccc(S(=O)(=O)NCCNC(=O)c2ccc(OC[C@@H]3CCCO3)cc2)cc1. The van der Waals surface area contributed by atoms with Crippen molar-refractivity contribution < 1.29 is 27.4 Å². The molecule has 1 atom stereocenters. The van der Waals surface area contributed by atoms with Gasteiger partial charge in [0.25, 0.3) is 5.91 Å². The molecule has 0 spiro atoms. The van der Waals surface area contributed by atoms with Gasteiger partial charge in [-0.25, -0.2) is 13.1 Å². The van der Waals surface area contributed by atoms with Gasteiger partial charge in [0, 0.05) is 25.3 Å². The average Bonchev–Trinajstić information content (AvgIpc) is 3.29. The summed E-state index contributed by atoms with van der Waals surface area (Å²) in [4.78, 5) is 12.4. The maximum atomic E-state index is 12.3. The second-order valence-electron chi connectivity index (χ2n) is 6.80. The van der Waals surface area contributed by atoms with E-state index in [4.69, 9.17) is 14.2 Å². The lowest BCUT2D eigenvalue weighted by atomic mass is 10.2. The first kappa shape index (κ1) is 22.1. The molecule has 2 N–H and O–H groups in total. The highest BCUT2D eigenvalue weighted by atomic mass is 32.2. The molecule has 0 saturated carbocycles. The number of sulfonamides is 1. The summed E-state index contributed by atoms with van der Waals surface area (Å²) in [5.74, 6) is 0.961. The summed E-state index contributed by atoms with van der Waals surface area (Å²) in [6, 6.07) is 12.9. The van der Waals surface area contributed by atoms with Crippen LogP contribution >= 0.6 is 0 Å². The zero-order valence-electron chi connectivity index (χ0n) is 16.8. The monoisotopic (exact) mass is 434 g/mol. The van der Waals surface area contributed by atoms with Crippen LogP contribution in [-0.2, 0) is 14.8 Å². The van der Waals surface area contributed by atoms with Crippen LogP contribution in [0.4, 0.5) is 0 Å². The summed E-state index contributed by atoms with van der Waals surface area (Å²) in [7, 11) is -2.14. The number of amides is 1. The van der Waals surface area contributed by atoms with Crippen molar-refractivity contribution in [2.75, 3.05) is 33.4 Å². The Hall–Kier alpha value is -2.62. The summed E-state index contributed by atoms with van der Waals surface area (Å²) >= 11 is 0. The Morgan fingerprint density at radius 3 is 2.40 bits per heavy atom. The maximum Gasteiger partial charge on any atom is 0.251 e. The number of ether oxygens (including phenoxy) is 3. The molecular formula is C21H26N2O6S. The molecule has 0 aliphatic carbocycles. The molecule has 1 aliphatic heterocycles. The Morgan fingerprint density at radius 1 is 1.07 bits per heavy atom. The molecule has 0 aromatic heterocycles. The predicted molar refractivity (Wildman–Crippen MR) is 111 cm³/mol. The van der Waals surface area contributed by atoms with Crippen molar-refractivity contribution >= 4 is 15.9 Å². The number of hydrogen-bond donors (Lipinski definition) is 2. The van der Waals surface area contributed by atoms with Crippen LogP contribution in [-0.4, -0.2) is 53.8 Å². The number of hydrogen-bond acceptors (Lipinski definition) is 6. The van der Waals surface area contributed by atoms with E-state index in [0.29, 0.717) is 23.7 Å². The largest absolute Gasteiger partial charge is 0.497 e. The fourth-order valence-corrected chi connectivity index (χ4v) is 4.00. The third kappa shape index (κ3) is 6.19. The number of carbonyl (C=O) groups excluding carboxylic acids is 1. The van der Waals surface area contributed by atoms with Crippen LogP contribution in [0.2, 0.25) is 0 Å². The number of methoxy groups -OCH3 is 1. The van der Waals surface area contributed by atoms with Crippen LogP contribution < -0.4 is 19.5 Å². The van der Waals surface area contributed by atoms with Crippen molar-refractivity contribution in [1.82, 2.24) is 10.0 Å². The summed E-state index contributed by atoms with van der Waals surface area (Å²) in [5.41, 5.74) is 0.470. The molecule has 2 aromatic rings. The van der Waals surface area contributed by atoms with Gasteiger partial charge in [-0.3, -0.25) is 4.79 Å². The number of benzene rings is 2. The van der Waals surface area contributed by atoms with E-state index in [9.17, 15) is 13.2 Å². The standard InChI is InChI=1S/C21H26N2O6S/c1-27-17-8-10-20(11-9-17)30(25,26)23-13-12-22-21(24)16-4-6-18(7-5-16)29-15-19-3-2-14-28-19/h4-11,19,23H,2-3,12-15H2,1H3,(H,22,24)/t19-/m0/s1. The zero-order valence-corrected chi connectivity index (χ0v) is 17.6. The summed E-state index contributed by atoms with van der Waals surface area (Å²) < 4.78 is 43.2. The normalized spacial score (nSPS) is 16.2. The molecule has 1 amide bonds. The smallest absolute Gasteiger partial charge is 0.251 e. The zero-order chi connectivity index (χ0) is 21.4. The van der Waals surface area contributed by atoms with Crippen molar-refractivity contribution in [2.45, 2.75) is 23.8 Å². The quantitative estimate of drug-likeness (QED) is 0.554. The molecule has 30 heavy (non-hydrogen) atoms. The van der Waals surface area contributed by atoms with E-state index < -0.39 is 10.0 Å². The van der Waals surface area contributed by atoms with E-state index in [0.717, 1.165) is 19.4 Å². The fraction of sp³-hybridized carbons (Fsp3) is 0.381. The molecule has 1 fully saturated rings. The van der Waals surface area contributed by atoms with Crippen molar-refractivity contribution in [2.24, 2.45) is 0 Å². The lowest BCUT2D eigenvalue weighted by Gasteiger charge is -2.12. The van der Waals surface area contributed by atoms with E-state index in [2.05, 4.69) is 10.0 Å². The number of carbonyl (C=O) groups is 1. The van der Waals surface area contributed by atoms with E-state index in [1.165, 1.54) is 19.2 Å². The Kier molecular flexibility index (Phi) is 7.67. The van der Waals surface area contributed by atoms with E-state index in [-0.39, 0.29) is 30.0 Å². The van der Waals surface area contributed by atoms with E-state index >= 15 is 0 Å². The molecule has 8 nitrogen and oxygen atoms in total. The van der Waals surface area contributed by atoms with Crippen LogP contribution in [0.15, 0.2) is 53.4 Å². The second-order valence-corrected chi connectivity index (χ2v) is 8.57. The minimum atomic E-state index is -3.65. The Bertz CT molecular complexity index is 923. The highest BCUT2D eigenvalue weighted by Crippen LogP contribution is 2.17. The minimum Gasteiger partial charge on any atom is -0.497 e. The molecule has 1 aliphatic rings. The van der Waals surface area contributed by atoms with E-state index in [1.54, 1.807) is 36.4 Å². The summed E-state index contributed by atoms with van der Waals surface area (Å²) in [6.07, 6.45) is 2.20. The Balaban J connectivity index is 1.41. The predicted octanol–water partition coefficient (Wildman–Crippen LogP) is 1.96. The first-order valence-corrected chi connectivity index (χ1v) is 11.2. The lowest BCUT2D eigenvalue weighted by Crippen LogP contribution is -2.34. The first-order chi connectivity index (χ1) is 14.5. The molecule has 0 unspecified atom stereocenters. The molecule has 3 rings (SSSR count). The van der Waals surface area contributed by atoms with Crippen LogP contribution in [0.3, 0.4) is 0 Å². The fourth-order valence-electron chi connectivity index (χ4n) is 2.97. The number of nitrogens with one attached hydrogen (secondary N) is 2. The van der Waals surface area contributed by atoms with Gasteiger partial charge in [-0.15, -0.1) is 0 Å². The van der Waals surface area contributed by atoms with Crippen molar-refractivity contribution in [3.8, 4) is 11.5 Å². The highest BCUT2D eigenvalue weighted by molar-refractivity contribution is 7.89. The van der Waals surface area contributed by atoms with Gasteiger partial charge in [-0.1, -0.05) is 0 Å². The molecule has 162 valence electrons. The first-order valence-electron chi connectivity index (χ1n) is 9.74. The average molecular weight is 435 g/mol. The maximum absolute atomic E-state index is 12.3. The molecule has 0 bridgehead atoms. The second kappa shape index (κ2) is 10.4. The third-order valence-corrected chi connectivity index (χ3v) is 6.13. The summed E-state index contributed by atoms with van der Waals surface area (Å²) in [5, 5.41) is 2.69. The van der Waals surface area contributed by atoms with Crippen LogP contribution in [0.1, 0.15) is 23.2 Å².